The quantitative estimate of drug-likeness (QED) is 0.351. The van der Waals surface area contributed by atoms with E-state index in [4.69, 9.17) is 0 Å². The minimum atomic E-state index is 0.856. The highest BCUT2D eigenvalue weighted by Gasteiger charge is 1.96. The summed E-state index contributed by atoms with van der Waals surface area (Å²) in [5, 5.41) is 0. The normalized spacial score (nSPS) is 13.4. The lowest BCUT2D eigenvalue weighted by Gasteiger charge is -2.03. The van der Waals surface area contributed by atoms with Gasteiger partial charge in [-0.05, 0) is 44.4 Å². The summed E-state index contributed by atoms with van der Waals surface area (Å²) in [5.41, 5.74) is 3.18. The monoisotopic (exact) mass is 189 g/mol. The molecule has 0 unspecified atom stereocenters. The van der Waals surface area contributed by atoms with Crippen LogP contribution >= 0.6 is 0 Å². The summed E-state index contributed by atoms with van der Waals surface area (Å²) in [5.74, 6) is 0. The van der Waals surface area contributed by atoms with E-state index in [0.29, 0.717) is 0 Å². The lowest BCUT2D eigenvalue weighted by molar-refractivity contribution is 1.22. The molecule has 1 heteroatoms. The van der Waals surface area contributed by atoms with Crippen LogP contribution in [0, 0.1) is 0 Å². The van der Waals surface area contributed by atoms with Crippen LogP contribution in [0.3, 0.4) is 0 Å². The van der Waals surface area contributed by atoms with E-state index < -0.39 is 0 Å². The Hall–Kier alpha value is -1.37. The summed E-state index contributed by atoms with van der Waals surface area (Å²) in [6, 6.07) is 0. The molecular formula is C13H19N. The molecule has 0 aliphatic carbocycles. The molecule has 0 radical (unpaired) electrons. The molecule has 0 aliphatic rings. The zero-order valence-corrected chi connectivity index (χ0v) is 9.38. The fraction of sp³-hybridized carbons (Fsp3) is 0.308. The molecule has 76 valence electrons. The molecule has 1 nitrogen and oxygen atoms in total. The third-order valence-corrected chi connectivity index (χ3v) is 1.84. The van der Waals surface area contributed by atoms with Crippen LogP contribution in [0.25, 0.3) is 0 Å². The van der Waals surface area contributed by atoms with E-state index in [1.54, 1.807) is 6.21 Å². The van der Waals surface area contributed by atoms with Gasteiger partial charge in [-0.3, -0.25) is 4.99 Å². The van der Waals surface area contributed by atoms with Crippen molar-refractivity contribution in [2.24, 2.45) is 4.99 Å². The standard InChI is InChI=1S/C13H19N/c1-6-9-13(7-2)11(4)10-12(5)14-8-3/h6-8,10H,1,4,9H2,2-3,5H3/b12-10-,13-7+,14-8-. The van der Waals surface area contributed by atoms with Crippen LogP contribution in [-0.2, 0) is 0 Å². The van der Waals surface area contributed by atoms with Gasteiger partial charge in [0.2, 0.25) is 0 Å². The van der Waals surface area contributed by atoms with E-state index in [1.165, 1.54) is 5.57 Å². The summed E-state index contributed by atoms with van der Waals surface area (Å²) in [6.45, 7) is 13.6. The molecule has 0 atom stereocenters. The van der Waals surface area contributed by atoms with Gasteiger partial charge in [-0.2, -0.15) is 0 Å². The van der Waals surface area contributed by atoms with Crippen LogP contribution in [0.1, 0.15) is 27.2 Å². The minimum Gasteiger partial charge on any atom is -0.266 e. The summed E-state index contributed by atoms with van der Waals surface area (Å²) in [6.07, 6.45) is 8.56. The van der Waals surface area contributed by atoms with Gasteiger partial charge in [0.1, 0.15) is 0 Å². The lowest BCUT2D eigenvalue weighted by Crippen LogP contribution is -1.84. The Labute approximate surface area is 87.3 Å². The van der Waals surface area contributed by atoms with Crippen LogP contribution in [0.4, 0.5) is 0 Å². The third-order valence-electron chi connectivity index (χ3n) is 1.84. The Morgan fingerprint density at radius 3 is 2.43 bits per heavy atom. The number of nitrogens with zero attached hydrogens (tertiary/aromatic N) is 1. The summed E-state index contributed by atoms with van der Waals surface area (Å²) < 4.78 is 0. The molecule has 0 spiro atoms. The molecule has 0 amide bonds. The predicted octanol–water partition coefficient (Wildman–Crippen LogP) is 4.06. The molecule has 0 bridgehead atoms. The smallest absolute Gasteiger partial charge is 0.0374 e. The molecule has 0 aromatic rings. The minimum absolute atomic E-state index is 0.856. The van der Waals surface area contributed by atoms with Gasteiger partial charge in [-0.25, -0.2) is 0 Å². The first-order chi connectivity index (χ1) is 6.65. The van der Waals surface area contributed by atoms with Crippen molar-refractivity contribution in [3.8, 4) is 0 Å². The van der Waals surface area contributed by atoms with E-state index in [2.05, 4.69) is 24.2 Å². The van der Waals surface area contributed by atoms with Crippen LogP contribution < -0.4 is 0 Å². The van der Waals surface area contributed by atoms with Crippen molar-refractivity contribution in [1.82, 2.24) is 0 Å². The molecule has 0 N–H and O–H groups in total. The highest BCUT2D eigenvalue weighted by molar-refractivity contribution is 5.55. The van der Waals surface area contributed by atoms with Gasteiger partial charge in [0.05, 0.1) is 0 Å². The van der Waals surface area contributed by atoms with E-state index in [1.807, 2.05) is 32.9 Å². The molecule has 0 aliphatic heterocycles. The second-order valence-electron chi connectivity index (χ2n) is 3.00. The van der Waals surface area contributed by atoms with Crippen LogP contribution in [0.2, 0.25) is 0 Å². The van der Waals surface area contributed by atoms with Crippen molar-refractivity contribution in [3.05, 3.63) is 48.2 Å². The highest BCUT2D eigenvalue weighted by Crippen LogP contribution is 2.15. The van der Waals surface area contributed by atoms with E-state index in [-0.39, 0.29) is 0 Å². The molecular weight excluding hydrogens is 170 g/mol. The highest BCUT2D eigenvalue weighted by atomic mass is 14.7. The average Bonchev–Trinajstić information content (AvgIpc) is 2.14. The summed E-state index contributed by atoms with van der Waals surface area (Å²) in [4.78, 5) is 4.16. The molecule has 0 aromatic heterocycles. The van der Waals surface area contributed by atoms with E-state index in [0.717, 1.165) is 17.7 Å². The molecule has 0 aromatic carbocycles. The Morgan fingerprint density at radius 1 is 1.36 bits per heavy atom. The zero-order chi connectivity index (χ0) is 11.0. The van der Waals surface area contributed by atoms with Crippen molar-refractivity contribution in [2.75, 3.05) is 0 Å². The largest absolute Gasteiger partial charge is 0.266 e. The summed E-state index contributed by atoms with van der Waals surface area (Å²) in [7, 11) is 0. The maximum Gasteiger partial charge on any atom is 0.0374 e. The summed E-state index contributed by atoms with van der Waals surface area (Å²) >= 11 is 0. The molecule has 0 fully saturated rings. The Kier molecular flexibility index (Phi) is 6.38. The fourth-order valence-corrected chi connectivity index (χ4v) is 1.18. The molecule has 0 saturated carbocycles. The van der Waals surface area contributed by atoms with Gasteiger partial charge in [-0.1, -0.05) is 18.7 Å². The number of hydrogen-bond donors (Lipinski definition) is 0. The van der Waals surface area contributed by atoms with Crippen LogP contribution in [-0.4, -0.2) is 6.21 Å². The van der Waals surface area contributed by atoms with Crippen molar-refractivity contribution in [1.29, 1.82) is 0 Å². The Bertz CT molecular complexity index is 290. The molecule has 0 heterocycles. The first-order valence-electron chi connectivity index (χ1n) is 4.78. The van der Waals surface area contributed by atoms with Crippen molar-refractivity contribution < 1.29 is 0 Å². The molecule has 0 rings (SSSR count). The maximum atomic E-state index is 4.16. The van der Waals surface area contributed by atoms with Gasteiger partial charge >= 0.3 is 0 Å². The topological polar surface area (TPSA) is 12.4 Å². The fourth-order valence-electron chi connectivity index (χ4n) is 1.18. The average molecular weight is 189 g/mol. The van der Waals surface area contributed by atoms with Crippen LogP contribution in [0.15, 0.2) is 53.2 Å². The van der Waals surface area contributed by atoms with Gasteiger partial charge in [0, 0.05) is 11.9 Å². The van der Waals surface area contributed by atoms with E-state index in [9.17, 15) is 0 Å². The van der Waals surface area contributed by atoms with Crippen molar-refractivity contribution >= 4 is 6.21 Å². The van der Waals surface area contributed by atoms with Gasteiger partial charge in [-0.15, -0.1) is 6.58 Å². The number of hydrogen-bond acceptors (Lipinski definition) is 1. The predicted molar refractivity (Wildman–Crippen MR) is 65.6 cm³/mol. The SMILES string of the molecule is C=CC/C(=C\C)C(=C)/C=C(C)\N=C/C. The van der Waals surface area contributed by atoms with Gasteiger partial charge in [0.15, 0.2) is 0 Å². The molecule has 0 saturated heterocycles. The Morgan fingerprint density at radius 2 is 2.00 bits per heavy atom. The van der Waals surface area contributed by atoms with Crippen molar-refractivity contribution in [2.45, 2.75) is 27.2 Å². The first kappa shape index (κ1) is 12.6. The second-order valence-corrected chi connectivity index (χ2v) is 3.00. The van der Waals surface area contributed by atoms with Crippen molar-refractivity contribution in [3.63, 3.8) is 0 Å². The first-order valence-corrected chi connectivity index (χ1v) is 4.78. The zero-order valence-electron chi connectivity index (χ0n) is 9.38. The lowest BCUT2D eigenvalue weighted by atomic mass is 10.0. The maximum absolute atomic E-state index is 4.16. The third kappa shape index (κ3) is 4.61. The number of aliphatic imine (C=N–C) groups is 1. The second kappa shape index (κ2) is 7.07. The van der Waals surface area contributed by atoms with Gasteiger partial charge < -0.3 is 0 Å². The van der Waals surface area contributed by atoms with E-state index >= 15 is 0 Å². The van der Waals surface area contributed by atoms with Crippen LogP contribution in [0.5, 0.6) is 0 Å². The van der Waals surface area contributed by atoms with Gasteiger partial charge in [0.25, 0.3) is 0 Å². The number of rotatable bonds is 5. The Balaban J connectivity index is 4.61. The molecule has 14 heavy (non-hydrogen) atoms. The number of allylic oxidation sites excluding steroid dienone is 6.